The largest absolute Gasteiger partial charge is 0.365 e. The Kier molecular flexibility index (Phi) is 4.40. The molecule has 4 rings (SSSR count). The number of anilines is 1. The Morgan fingerprint density at radius 3 is 2.84 bits per heavy atom. The molecule has 1 N–H and O–H groups in total. The molecular formula is C17H18IN3O4. The van der Waals surface area contributed by atoms with E-state index in [0.717, 1.165) is 24.3 Å². The van der Waals surface area contributed by atoms with Crippen LogP contribution in [0.5, 0.6) is 0 Å². The molecule has 1 aromatic carbocycles. The summed E-state index contributed by atoms with van der Waals surface area (Å²) in [6, 6.07) is 5.27. The number of alkyl halides is 1. The maximum atomic E-state index is 13.1. The van der Waals surface area contributed by atoms with Crippen LogP contribution in [0.4, 0.5) is 5.69 Å². The molecule has 132 valence electrons. The third kappa shape index (κ3) is 3.01. The van der Waals surface area contributed by atoms with Gasteiger partial charge in [0.1, 0.15) is 10.2 Å². The molecule has 3 aliphatic rings. The molecule has 0 aromatic heterocycles. The fourth-order valence-electron chi connectivity index (χ4n) is 3.69. The summed E-state index contributed by atoms with van der Waals surface area (Å²) in [6.45, 7) is 2.50. The molecule has 3 amide bonds. The number of hydrogen-bond donors (Lipinski definition) is 1. The number of fused-ring (bicyclic) bond motifs is 1. The number of nitrogens with zero attached hydrogens (tertiary/aromatic N) is 2. The van der Waals surface area contributed by atoms with Crippen LogP contribution in [0.25, 0.3) is 0 Å². The van der Waals surface area contributed by atoms with E-state index < -0.39 is 6.04 Å². The second kappa shape index (κ2) is 6.56. The van der Waals surface area contributed by atoms with Crippen LogP contribution in [0, 0.1) is 0 Å². The Balaban J connectivity index is 1.62. The van der Waals surface area contributed by atoms with Gasteiger partial charge in [-0.15, -0.1) is 0 Å². The number of imide groups is 1. The molecule has 0 radical (unpaired) electrons. The molecule has 0 aliphatic carbocycles. The van der Waals surface area contributed by atoms with Gasteiger partial charge in [0.25, 0.3) is 5.91 Å². The topological polar surface area (TPSA) is 79.0 Å². The minimum absolute atomic E-state index is 0.0879. The van der Waals surface area contributed by atoms with Crippen molar-refractivity contribution >= 4 is 46.0 Å². The highest BCUT2D eigenvalue weighted by Crippen LogP contribution is 2.35. The molecule has 2 fully saturated rings. The molecule has 7 nitrogen and oxygen atoms in total. The number of morpholine rings is 1. The highest BCUT2D eigenvalue weighted by molar-refractivity contribution is 14.1. The van der Waals surface area contributed by atoms with Crippen molar-refractivity contribution in [3.8, 4) is 0 Å². The third-order valence-corrected chi connectivity index (χ3v) is 5.65. The number of rotatable bonds is 2. The van der Waals surface area contributed by atoms with E-state index in [0.29, 0.717) is 25.1 Å². The number of piperidine rings is 1. The number of hydrogen-bond acceptors (Lipinski definition) is 5. The zero-order valence-corrected chi connectivity index (χ0v) is 15.7. The first-order valence-electron chi connectivity index (χ1n) is 8.32. The SMILES string of the molecule is O=C1CCC(N2Cc3cccc(N4CCOC(I)C4)c3C2=O)C(=O)N1. The summed E-state index contributed by atoms with van der Waals surface area (Å²) < 4.78 is 5.67. The van der Waals surface area contributed by atoms with Crippen LogP contribution in [0.15, 0.2) is 18.2 Å². The van der Waals surface area contributed by atoms with Crippen LogP contribution in [0.3, 0.4) is 0 Å². The first kappa shape index (κ1) is 16.8. The molecule has 3 heterocycles. The van der Waals surface area contributed by atoms with Gasteiger partial charge < -0.3 is 14.5 Å². The fourth-order valence-corrected chi connectivity index (χ4v) is 4.42. The molecule has 8 heteroatoms. The standard InChI is InChI=1S/C17H18IN3O4/c18-13-9-20(6-7-25-13)11-3-1-2-10-8-21(17(24)15(10)11)12-4-5-14(22)19-16(12)23/h1-3,12-13H,4-9H2,(H,19,22,23). The van der Waals surface area contributed by atoms with Crippen LogP contribution < -0.4 is 10.2 Å². The van der Waals surface area contributed by atoms with Gasteiger partial charge in [-0.3, -0.25) is 19.7 Å². The summed E-state index contributed by atoms with van der Waals surface area (Å²) in [5.41, 5.74) is 2.52. The summed E-state index contributed by atoms with van der Waals surface area (Å²) in [6.07, 6.45) is 0.649. The van der Waals surface area contributed by atoms with Gasteiger partial charge in [-0.05, 0) is 40.6 Å². The minimum atomic E-state index is -0.576. The Labute approximate surface area is 158 Å². The zero-order chi connectivity index (χ0) is 17.6. The van der Waals surface area contributed by atoms with E-state index >= 15 is 0 Å². The van der Waals surface area contributed by atoms with Gasteiger partial charge in [0.15, 0.2) is 0 Å². The van der Waals surface area contributed by atoms with Crippen LogP contribution in [0.1, 0.15) is 28.8 Å². The molecule has 0 spiro atoms. The predicted octanol–water partition coefficient (Wildman–Crippen LogP) is 1.05. The third-order valence-electron chi connectivity index (χ3n) is 4.90. The van der Waals surface area contributed by atoms with Gasteiger partial charge in [0, 0.05) is 19.5 Å². The second-order valence-electron chi connectivity index (χ2n) is 6.44. The number of carbonyl (C=O) groups is 3. The Bertz CT molecular complexity index is 753. The molecule has 2 unspecified atom stereocenters. The molecule has 2 saturated heterocycles. The molecular weight excluding hydrogens is 437 g/mol. The molecule has 25 heavy (non-hydrogen) atoms. The molecule has 3 aliphatic heterocycles. The monoisotopic (exact) mass is 455 g/mol. The average molecular weight is 455 g/mol. The van der Waals surface area contributed by atoms with Crippen molar-refractivity contribution in [1.82, 2.24) is 10.2 Å². The van der Waals surface area contributed by atoms with Crippen molar-refractivity contribution in [1.29, 1.82) is 0 Å². The van der Waals surface area contributed by atoms with E-state index in [2.05, 4.69) is 32.8 Å². The van der Waals surface area contributed by atoms with Crippen LogP contribution in [0.2, 0.25) is 0 Å². The highest BCUT2D eigenvalue weighted by atomic mass is 127. The Hall–Kier alpha value is -1.68. The van der Waals surface area contributed by atoms with Crippen LogP contribution >= 0.6 is 22.6 Å². The fraction of sp³-hybridized carbons (Fsp3) is 0.471. The smallest absolute Gasteiger partial charge is 0.257 e. The van der Waals surface area contributed by atoms with E-state index in [4.69, 9.17) is 4.74 Å². The quantitative estimate of drug-likeness (QED) is 0.410. The van der Waals surface area contributed by atoms with Gasteiger partial charge in [-0.2, -0.15) is 0 Å². The zero-order valence-electron chi connectivity index (χ0n) is 13.5. The lowest BCUT2D eigenvalue weighted by Gasteiger charge is -2.33. The van der Waals surface area contributed by atoms with E-state index in [-0.39, 0.29) is 28.3 Å². The van der Waals surface area contributed by atoms with E-state index in [1.165, 1.54) is 0 Å². The molecule has 1 aromatic rings. The van der Waals surface area contributed by atoms with E-state index in [1.807, 2.05) is 18.2 Å². The first-order chi connectivity index (χ1) is 12.0. The van der Waals surface area contributed by atoms with Crippen molar-refractivity contribution in [2.45, 2.75) is 29.5 Å². The normalized spacial score (nSPS) is 26.7. The van der Waals surface area contributed by atoms with Gasteiger partial charge >= 0.3 is 0 Å². The average Bonchev–Trinajstić information content (AvgIpc) is 2.92. The van der Waals surface area contributed by atoms with Gasteiger partial charge in [-0.1, -0.05) is 12.1 Å². The molecule has 0 bridgehead atoms. The molecule has 2 atom stereocenters. The number of carbonyl (C=O) groups excluding carboxylic acids is 3. The summed E-state index contributed by atoms with van der Waals surface area (Å²) in [5, 5.41) is 2.34. The van der Waals surface area contributed by atoms with Crippen molar-refractivity contribution in [2.75, 3.05) is 24.6 Å². The van der Waals surface area contributed by atoms with Crippen molar-refractivity contribution in [2.24, 2.45) is 0 Å². The molecule has 0 saturated carbocycles. The van der Waals surface area contributed by atoms with Crippen LogP contribution in [-0.4, -0.2) is 52.5 Å². The number of amides is 3. The Morgan fingerprint density at radius 1 is 1.24 bits per heavy atom. The number of benzene rings is 1. The number of nitrogens with one attached hydrogen (secondary N) is 1. The van der Waals surface area contributed by atoms with Crippen molar-refractivity contribution < 1.29 is 19.1 Å². The van der Waals surface area contributed by atoms with Crippen molar-refractivity contribution in [3.63, 3.8) is 0 Å². The van der Waals surface area contributed by atoms with Gasteiger partial charge in [0.2, 0.25) is 11.8 Å². The lowest BCUT2D eigenvalue weighted by Crippen LogP contribution is -2.52. The number of ether oxygens (including phenoxy) is 1. The maximum Gasteiger partial charge on any atom is 0.257 e. The van der Waals surface area contributed by atoms with Gasteiger partial charge in [0.05, 0.1) is 24.4 Å². The van der Waals surface area contributed by atoms with Crippen LogP contribution in [-0.2, 0) is 20.9 Å². The van der Waals surface area contributed by atoms with Gasteiger partial charge in [-0.25, -0.2) is 0 Å². The highest BCUT2D eigenvalue weighted by Gasteiger charge is 2.40. The lowest BCUT2D eigenvalue weighted by atomic mass is 10.0. The first-order valence-corrected chi connectivity index (χ1v) is 9.56. The van der Waals surface area contributed by atoms with Crippen molar-refractivity contribution in [3.05, 3.63) is 29.3 Å². The second-order valence-corrected chi connectivity index (χ2v) is 7.83. The Morgan fingerprint density at radius 2 is 2.08 bits per heavy atom. The summed E-state index contributed by atoms with van der Waals surface area (Å²) in [4.78, 5) is 40.4. The lowest BCUT2D eigenvalue weighted by molar-refractivity contribution is -0.136. The van der Waals surface area contributed by atoms with E-state index in [1.54, 1.807) is 4.90 Å². The predicted molar refractivity (Wildman–Crippen MR) is 98.5 cm³/mol. The summed E-state index contributed by atoms with van der Waals surface area (Å²) >= 11 is 2.25. The van der Waals surface area contributed by atoms with E-state index in [9.17, 15) is 14.4 Å². The number of halogens is 1. The minimum Gasteiger partial charge on any atom is -0.365 e. The summed E-state index contributed by atoms with van der Waals surface area (Å²) in [7, 11) is 0. The summed E-state index contributed by atoms with van der Waals surface area (Å²) in [5.74, 6) is -0.776. The maximum absolute atomic E-state index is 13.1.